The normalized spacial score (nSPS) is 24.0. The fourth-order valence-electron chi connectivity index (χ4n) is 3.70. The van der Waals surface area contributed by atoms with E-state index in [-0.39, 0.29) is 0 Å². The molecule has 0 aliphatic heterocycles. The smallest absolute Gasteiger partial charge is 0.0441 e. The molecule has 1 unspecified atom stereocenters. The lowest BCUT2D eigenvalue weighted by Crippen LogP contribution is -2.43. The average Bonchev–Trinajstić information content (AvgIpc) is 2.48. The molecule has 1 fully saturated rings. The third-order valence-corrected chi connectivity index (χ3v) is 5.37. The summed E-state index contributed by atoms with van der Waals surface area (Å²) in [6.45, 7) is 4.36. The minimum Gasteiger partial charge on any atom is -0.271 e. The third-order valence-electron chi connectivity index (χ3n) is 5.02. The van der Waals surface area contributed by atoms with E-state index in [4.69, 9.17) is 17.4 Å². The van der Waals surface area contributed by atoms with Gasteiger partial charge >= 0.3 is 0 Å². The second-order valence-electron chi connectivity index (χ2n) is 6.64. The highest BCUT2D eigenvalue weighted by molar-refractivity contribution is 6.31. The lowest BCUT2D eigenvalue weighted by molar-refractivity contribution is 0.213. The molecule has 1 aromatic carbocycles. The number of hydrogen-bond acceptors (Lipinski definition) is 2. The zero-order valence-electron chi connectivity index (χ0n) is 13.4. The maximum atomic E-state index is 6.37. The van der Waals surface area contributed by atoms with E-state index < -0.39 is 0 Å². The van der Waals surface area contributed by atoms with Crippen LogP contribution in [0.15, 0.2) is 18.2 Å². The number of rotatable bonds is 6. The van der Waals surface area contributed by atoms with Gasteiger partial charge in [0.05, 0.1) is 0 Å². The van der Waals surface area contributed by atoms with Crippen molar-refractivity contribution in [2.75, 3.05) is 0 Å². The number of halogens is 1. The predicted octanol–water partition coefficient (Wildman–Crippen LogP) is 4.63. The minimum absolute atomic E-state index is 0.341. The molecule has 118 valence electrons. The Morgan fingerprint density at radius 2 is 2.00 bits per heavy atom. The Balaban J connectivity index is 1.94. The van der Waals surface area contributed by atoms with Gasteiger partial charge in [0.25, 0.3) is 0 Å². The summed E-state index contributed by atoms with van der Waals surface area (Å²) in [5.74, 6) is 7.45. The molecule has 1 aliphatic rings. The first-order chi connectivity index (χ1) is 10.1. The van der Waals surface area contributed by atoms with Gasteiger partial charge in [0.15, 0.2) is 0 Å². The first-order valence-electron chi connectivity index (χ1n) is 8.35. The van der Waals surface area contributed by atoms with Gasteiger partial charge in [-0.15, -0.1) is 0 Å². The van der Waals surface area contributed by atoms with Crippen molar-refractivity contribution in [2.24, 2.45) is 17.7 Å². The van der Waals surface area contributed by atoms with Gasteiger partial charge in [-0.25, -0.2) is 0 Å². The highest BCUT2D eigenvalue weighted by atomic mass is 35.5. The molecular weight excluding hydrogens is 280 g/mol. The summed E-state index contributed by atoms with van der Waals surface area (Å²) >= 11 is 6.37. The Bertz CT molecular complexity index is 439. The molecule has 3 heteroatoms. The van der Waals surface area contributed by atoms with Crippen LogP contribution in [-0.2, 0) is 6.42 Å². The van der Waals surface area contributed by atoms with E-state index in [1.807, 2.05) is 6.07 Å². The monoisotopic (exact) mass is 308 g/mol. The second-order valence-corrected chi connectivity index (χ2v) is 7.05. The number of aryl methyl sites for hydroxylation is 1. The molecule has 1 aromatic rings. The molecule has 1 saturated carbocycles. The SMILES string of the molecule is CCCC1CCC(C(Cc2ccc(C)cc2Cl)NN)CC1. The molecule has 21 heavy (non-hydrogen) atoms. The predicted molar refractivity (Wildman–Crippen MR) is 91.4 cm³/mol. The fraction of sp³-hybridized carbons (Fsp3) is 0.667. The highest BCUT2D eigenvalue weighted by Gasteiger charge is 2.27. The summed E-state index contributed by atoms with van der Waals surface area (Å²) < 4.78 is 0. The van der Waals surface area contributed by atoms with Gasteiger partial charge in [-0.05, 0) is 55.2 Å². The standard InChI is InChI=1S/C18H29ClN2/c1-3-4-14-6-9-15(10-7-14)18(21-20)12-16-8-5-13(2)11-17(16)19/h5,8,11,14-15,18,21H,3-4,6-7,9-10,12,20H2,1-2H3. The van der Waals surface area contributed by atoms with Crippen LogP contribution in [0.5, 0.6) is 0 Å². The highest BCUT2D eigenvalue weighted by Crippen LogP contribution is 2.34. The summed E-state index contributed by atoms with van der Waals surface area (Å²) in [7, 11) is 0. The molecule has 0 radical (unpaired) electrons. The van der Waals surface area contributed by atoms with Crippen LogP contribution in [-0.4, -0.2) is 6.04 Å². The molecule has 2 nitrogen and oxygen atoms in total. The van der Waals surface area contributed by atoms with Crippen LogP contribution in [0, 0.1) is 18.8 Å². The third kappa shape index (κ3) is 4.70. The van der Waals surface area contributed by atoms with Crippen molar-refractivity contribution in [1.29, 1.82) is 0 Å². The second kappa shape index (κ2) is 8.17. The van der Waals surface area contributed by atoms with E-state index in [9.17, 15) is 0 Å². The van der Waals surface area contributed by atoms with Crippen molar-refractivity contribution in [3.8, 4) is 0 Å². The summed E-state index contributed by atoms with van der Waals surface area (Å²) in [5.41, 5.74) is 5.47. The van der Waals surface area contributed by atoms with Crippen molar-refractivity contribution >= 4 is 11.6 Å². The Labute approximate surface area is 134 Å². The van der Waals surface area contributed by atoms with Gasteiger partial charge in [-0.3, -0.25) is 11.3 Å². The molecule has 3 N–H and O–H groups in total. The first-order valence-corrected chi connectivity index (χ1v) is 8.73. The Morgan fingerprint density at radius 3 is 2.57 bits per heavy atom. The fourth-order valence-corrected chi connectivity index (χ4v) is 4.02. The Morgan fingerprint density at radius 1 is 1.29 bits per heavy atom. The summed E-state index contributed by atoms with van der Waals surface area (Å²) in [6.07, 6.45) is 8.94. The molecule has 0 aromatic heterocycles. The van der Waals surface area contributed by atoms with E-state index in [1.54, 1.807) is 0 Å². The maximum Gasteiger partial charge on any atom is 0.0441 e. The van der Waals surface area contributed by atoms with Crippen molar-refractivity contribution in [3.63, 3.8) is 0 Å². The van der Waals surface area contributed by atoms with E-state index in [0.29, 0.717) is 12.0 Å². The van der Waals surface area contributed by atoms with E-state index in [0.717, 1.165) is 17.4 Å². The lowest BCUT2D eigenvalue weighted by Gasteiger charge is -2.33. The van der Waals surface area contributed by atoms with Crippen LogP contribution >= 0.6 is 11.6 Å². The van der Waals surface area contributed by atoms with E-state index in [2.05, 4.69) is 31.4 Å². The lowest BCUT2D eigenvalue weighted by atomic mass is 9.76. The van der Waals surface area contributed by atoms with Crippen molar-refractivity contribution in [3.05, 3.63) is 34.3 Å². The van der Waals surface area contributed by atoms with Crippen molar-refractivity contribution in [1.82, 2.24) is 5.43 Å². The molecule has 0 heterocycles. The zero-order valence-corrected chi connectivity index (χ0v) is 14.1. The van der Waals surface area contributed by atoms with Gasteiger partial charge in [0.1, 0.15) is 0 Å². The molecule has 0 saturated heterocycles. The topological polar surface area (TPSA) is 38.0 Å². The number of nitrogens with one attached hydrogen (secondary N) is 1. The van der Waals surface area contributed by atoms with Gasteiger partial charge in [-0.2, -0.15) is 0 Å². The molecule has 0 spiro atoms. The molecule has 1 aliphatic carbocycles. The minimum atomic E-state index is 0.341. The van der Waals surface area contributed by atoms with Crippen LogP contribution in [0.3, 0.4) is 0 Å². The van der Waals surface area contributed by atoms with Crippen LogP contribution < -0.4 is 11.3 Å². The van der Waals surface area contributed by atoms with Crippen molar-refractivity contribution < 1.29 is 0 Å². The molecule has 0 bridgehead atoms. The number of benzene rings is 1. The largest absolute Gasteiger partial charge is 0.271 e. The zero-order chi connectivity index (χ0) is 15.2. The summed E-state index contributed by atoms with van der Waals surface area (Å²) in [5, 5.41) is 0.870. The van der Waals surface area contributed by atoms with Crippen LogP contribution in [0.2, 0.25) is 5.02 Å². The number of nitrogens with two attached hydrogens (primary N) is 1. The molecule has 2 rings (SSSR count). The molecule has 1 atom stereocenters. The first kappa shape index (κ1) is 16.8. The van der Waals surface area contributed by atoms with Gasteiger partial charge in [-0.1, -0.05) is 56.3 Å². The van der Waals surface area contributed by atoms with Crippen molar-refractivity contribution in [2.45, 2.75) is 64.8 Å². The van der Waals surface area contributed by atoms with Crippen LogP contribution in [0.4, 0.5) is 0 Å². The maximum absolute atomic E-state index is 6.37. The summed E-state index contributed by atoms with van der Waals surface area (Å²) in [6, 6.07) is 6.66. The Kier molecular flexibility index (Phi) is 6.53. The van der Waals surface area contributed by atoms with Crippen LogP contribution in [0.25, 0.3) is 0 Å². The number of hydrazine groups is 1. The van der Waals surface area contributed by atoms with Gasteiger partial charge in [0.2, 0.25) is 0 Å². The van der Waals surface area contributed by atoms with E-state index in [1.165, 1.54) is 49.7 Å². The quantitative estimate of drug-likeness (QED) is 0.594. The van der Waals surface area contributed by atoms with Gasteiger partial charge in [0, 0.05) is 11.1 Å². The Hall–Kier alpha value is -0.570. The molecule has 0 amide bonds. The van der Waals surface area contributed by atoms with Gasteiger partial charge < -0.3 is 0 Å². The molecular formula is C18H29ClN2. The van der Waals surface area contributed by atoms with Crippen LogP contribution in [0.1, 0.15) is 56.6 Å². The van der Waals surface area contributed by atoms with E-state index >= 15 is 0 Å². The average molecular weight is 309 g/mol. The number of hydrogen-bond donors (Lipinski definition) is 2. The summed E-state index contributed by atoms with van der Waals surface area (Å²) in [4.78, 5) is 0.